The molecule has 0 saturated heterocycles. The first-order valence-corrected chi connectivity index (χ1v) is 6.83. The summed E-state index contributed by atoms with van der Waals surface area (Å²) in [4.78, 5) is 21.7. The zero-order chi connectivity index (χ0) is 13.0. The van der Waals surface area contributed by atoms with Gasteiger partial charge in [-0.25, -0.2) is 0 Å². The smallest absolute Gasteiger partial charge is 0.465 e. The second-order valence-electron chi connectivity index (χ2n) is 3.77. The standard InChI is InChI=1S/C9H15NO5Si/c1-7(11)13-16(5,14-8(2)12)15-9(3,4)6-10/h1-5H3. The van der Waals surface area contributed by atoms with Crippen LogP contribution in [0.1, 0.15) is 27.7 Å². The van der Waals surface area contributed by atoms with Gasteiger partial charge in [-0.3, -0.25) is 9.59 Å². The molecule has 0 N–H and O–H groups in total. The molecule has 0 atom stereocenters. The Balaban J connectivity index is 4.87. The van der Waals surface area contributed by atoms with Gasteiger partial charge in [-0.05, 0) is 13.8 Å². The average Bonchev–Trinajstić information content (AvgIpc) is 1.98. The van der Waals surface area contributed by atoms with Crippen LogP contribution in [-0.2, 0) is 22.9 Å². The van der Waals surface area contributed by atoms with Crippen LogP contribution in [0.3, 0.4) is 0 Å². The van der Waals surface area contributed by atoms with E-state index < -0.39 is 26.3 Å². The van der Waals surface area contributed by atoms with Crippen LogP contribution in [0.4, 0.5) is 0 Å². The molecule has 0 bridgehead atoms. The highest BCUT2D eigenvalue weighted by Crippen LogP contribution is 2.19. The molecule has 0 aliphatic rings. The maximum Gasteiger partial charge on any atom is 0.633 e. The highest BCUT2D eigenvalue weighted by Gasteiger charge is 2.47. The predicted octanol–water partition coefficient (Wildman–Crippen LogP) is 1.00. The Kier molecular flexibility index (Phi) is 4.65. The normalized spacial score (nSPS) is 11.5. The second-order valence-corrected chi connectivity index (χ2v) is 6.11. The lowest BCUT2D eigenvalue weighted by Crippen LogP contribution is -2.50. The van der Waals surface area contributed by atoms with Crippen molar-refractivity contribution < 1.29 is 22.9 Å². The summed E-state index contributed by atoms with van der Waals surface area (Å²) in [5, 5.41) is 8.79. The van der Waals surface area contributed by atoms with E-state index in [1.165, 1.54) is 34.2 Å². The van der Waals surface area contributed by atoms with Crippen LogP contribution in [0.5, 0.6) is 0 Å². The molecule has 0 radical (unpaired) electrons. The molecule has 7 heteroatoms. The highest BCUT2D eigenvalue weighted by atomic mass is 28.4. The maximum atomic E-state index is 10.9. The molecule has 0 saturated carbocycles. The molecule has 0 unspecified atom stereocenters. The van der Waals surface area contributed by atoms with E-state index in [2.05, 4.69) is 0 Å². The molecule has 0 rings (SSSR count). The van der Waals surface area contributed by atoms with E-state index in [0.29, 0.717) is 0 Å². The molecule has 16 heavy (non-hydrogen) atoms. The quantitative estimate of drug-likeness (QED) is 0.687. The minimum atomic E-state index is -3.45. The van der Waals surface area contributed by atoms with Crippen LogP contribution < -0.4 is 0 Å². The summed E-state index contributed by atoms with van der Waals surface area (Å²) in [6.07, 6.45) is 0. The van der Waals surface area contributed by atoms with E-state index in [1.54, 1.807) is 0 Å². The number of hydrogen-bond acceptors (Lipinski definition) is 6. The van der Waals surface area contributed by atoms with E-state index >= 15 is 0 Å². The molecular formula is C9H15NO5Si. The van der Waals surface area contributed by atoms with Crippen LogP contribution >= 0.6 is 0 Å². The predicted molar refractivity (Wildman–Crippen MR) is 55.9 cm³/mol. The minimum absolute atomic E-state index is 0.621. The number of carbonyl (C=O) groups is 2. The van der Waals surface area contributed by atoms with Crippen LogP contribution in [0.15, 0.2) is 0 Å². The average molecular weight is 245 g/mol. The van der Waals surface area contributed by atoms with Gasteiger partial charge in [-0.1, -0.05) is 0 Å². The van der Waals surface area contributed by atoms with E-state index in [4.69, 9.17) is 18.5 Å². The Bertz CT molecular complexity index is 317. The zero-order valence-corrected chi connectivity index (χ0v) is 11.0. The first-order valence-electron chi connectivity index (χ1n) is 4.61. The molecule has 0 aliphatic heterocycles. The Morgan fingerprint density at radius 1 is 1.19 bits per heavy atom. The van der Waals surface area contributed by atoms with E-state index in [1.807, 2.05) is 6.07 Å². The number of nitrogens with zero attached hydrogens (tertiary/aromatic N) is 1. The van der Waals surface area contributed by atoms with Gasteiger partial charge in [0.25, 0.3) is 11.9 Å². The van der Waals surface area contributed by atoms with Crippen LogP contribution in [0.25, 0.3) is 0 Å². The van der Waals surface area contributed by atoms with Crippen molar-refractivity contribution in [1.82, 2.24) is 0 Å². The molecular weight excluding hydrogens is 230 g/mol. The summed E-state index contributed by atoms with van der Waals surface area (Å²) < 4.78 is 15.0. The fraction of sp³-hybridized carbons (Fsp3) is 0.667. The largest absolute Gasteiger partial charge is 0.633 e. The third-order valence-electron chi connectivity index (χ3n) is 1.37. The Hall–Kier alpha value is -1.39. The van der Waals surface area contributed by atoms with Crippen molar-refractivity contribution in [1.29, 1.82) is 5.26 Å². The lowest BCUT2D eigenvalue weighted by atomic mass is 10.2. The summed E-state index contributed by atoms with van der Waals surface area (Å²) in [5.74, 6) is -1.24. The molecule has 0 aliphatic carbocycles. The fourth-order valence-electron chi connectivity index (χ4n) is 1.07. The Morgan fingerprint density at radius 2 is 1.56 bits per heavy atom. The number of hydrogen-bond donors (Lipinski definition) is 0. The number of nitriles is 1. The third-order valence-corrected chi connectivity index (χ3v) is 3.57. The van der Waals surface area contributed by atoms with Crippen LogP contribution in [-0.4, -0.2) is 26.3 Å². The van der Waals surface area contributed by atoms with Crippen molar-refractivity contribution in [3.8, 4) is 6.07 Å². The lowest BCUT2D eigenvalue weighted by Gasteiger charge is -2.29. The third kappa shape index (κ3) is 5.48. The van der Waals surface area contributed by atoms with E-state index in [0.717, 1.165) is 0 Å². The minimum Gasteiger partial charge on any atom is -0.465 e. The highest BCUT2D eigenvalue weighted by molar-refractivity contribution is 6.62. The molecule has 0 aromatic heterocycles. The van der Waals surface area contributed by atoms with Crippen molar-refractivity contribution in [2.24, 2.45) is 0 Å². The molecule has 0 aromatic carbocycles. The summed E-state index contributed by atoms with van der Waals surface area (Å²) in [6, 6.07) is 1.87. The van der Waals surface area contributed by atoms with Gasteiger partial charge >= 0.3 is 8.80 Å². The van der Waals surface area contributed by atoms with Crippen LogP contribution in [0, 0.1) is 11.3 Å². The summed E-state index contributed by atoms with van der Waals surface area (Å²) >= 11 is 0. The number of rotatable bonds is 4. The van der Waals surface area contributed by atoms with Crippen molar-refractivity contribution in [2.45, 2.75) is 39.8 Å². The molecule has 90 valence electrons. The Labute approximate surface area is 95.5 Å². The van der Waals surface area contributed by atoms with Gasteiger partial charge in [0, 0.05) is 20.4 Å². The first-order chi connectivity index (χ1) is 7.10. The second kappa shape index (κ2) is 5.09. The maximum absolute atomic E-state index is 10.9. The van der Waals surface area contributed by atoms with Crippen molar-refractivity contribution >= 4 is 20.7 Å². The van der Waals surface area contributed by atoms with Crippen molar-refractivity contribution in [3.05, 3.63) is 0 Å². The van der Waals surface area contributed by atoms with E-state index in [9.17, 15) is 9.59 Å². The van der Waals surface area contributed by atoms with Gasteiger partial charge in [0.05, 0.1) is 6.07 Å². The Morgan fingerprint density at radius 3 is 1.81 bits per heavy atom. The molecule has 0 amide bonds. The monoisotopic (exact) mass is 245 g/mol. The molecule has 0 aromatic rings. The molecule has 0 fully saturated rings. The van der Waals surface area contributed by atoms with Gasteiger partial charge < -0.3 is 13.3 Å². The lowest BCUT2D eigenvalue weighted by molar-refractivity contribution is -0.144. The fourth-order valence-corrected chi connectivity index (χ4v) is 3.21. The van der Waals surface area contributed by atoms with Gasteiger partial charge in [0.15, 0.2) is 0 Å². The summed E-state index contributed by atoms with van der Waals surface area (Å²) in [6.45, 7) is 6.72. The van der Waals surface area contributed by atoms with Crippen molar-refractivity contribution in [3.63, 3.8) is 0 Å². The van der Waals surface area contributed by atoms with Gasteiger partial charge in [0.2, 0.25) is 0 Å². The number of carbonyl (C=O) groups excluding carboxylic acids is 2. The molecule has 0 heterocycles. The topological polar surface area (TPSA) is 85.6 Å². The molecule has 6 nitrogen and oxygen atoms in total. The van der Waals surface area contributed by atoms with Gasteiger partial charge in [-0.15, -0.1) is 0 Å². The van der Waals surface area contributed by atoms with E-state index in [-0.39, 0.29) is 0 Å². The van der Waals surface area contributed by atoms with Crippen molar-refractivity contribution in [2.75, 3.05) is 0 Å². The summed E-state index contributed by atoms with van der Waals surface area (Å²) in [5.41, 5.74) is -1.19. The zero-order valence-electron chi connectivity index (χ0n) is 9.99. The SMILES string of the molecule is CC(=O)O[Si](C)(OC(C)=O)OC(C)(C)C#N. The summed E-state index contributed by atoms with van der Waals surface area (Å²) in [7, 11) is -3.45. The molecule has 0 spiro atoms. The van der Waals surface area contributed by atoms with Gasteiger partial charge in [0.1, 0.15) is 5.60 Å². The van der Waals surface area contributed by atoms with Crippen LogP contribution in [0.2, 0.25) is 6.55 Å². The van der Waals surface area contributed by atoms with Gasteiger partial charge in [-0.2, -0.15) is 5.26 Å². The first kappa shape index (κ1) is 14.6.